The number of esters is 1. The Balaban J connectivity index is 1.51. The zero-order chi connectivity index (χ0) is 12.5. The molecule has 3 rings (SSSR count). The molecule has 1 aliphatic rings. The molecule has 2 aromatic rings. The van der Waals surface area contributed by atoms with Crippen molar-refractivity contribution in [3.63, 3.8) is 0 Å². The van der Waals surface area contributed by atoms with Gasteiger partial charge < -0.3 is 9.15 Å². The van der Waals surface area contributed by atoms with Gasteiger partial charge in [-0.05, 0) is 45.9 Å². The van der Waals surface area contributed by atoms with Crippen molar-refractivity contribution in [3.8, 4) is 0 Å². The van der Waals surface area contributed by atoms with Crippen LogP contribution in [-0.2, 0) is 16.1 Å². The Morgan fingerprint density at radius 2 is 2.50 bits per heavy atom. The van der Waals surface area contributed by atoms with E-state index in [1.54, 1.807) is 17.6 Å². The Hall–Kier alpha value is -1.07. The smallest absolute Gasteiger partial charge is 0.310 e. The monoisotopic (exact) mass is 326 g/mol. The van der Waals surface area contributed by atoms with Crippen molar-refractivity contribution < 1.29 is 13.9 Å². The van der Waals surface area contributed by atoms with Gasteiger partial charge in [-0.2, -0.15) is 0 Å². The Labute approximate surface area is 117 Å². The van der Waals surface area contributed by atoms with Crippen LogP contribution in [0, 0.1) is 5.92 Å². The molecule has 0 amide bonds. The van der Waals surface area contributed by atoms with Crippen molar-refractivity contribution in [3.05, 3.63) is 45.0 Å². The van der Waals surface area contributed by atoms with Gasteiger partial charge in [0, 0.05) is 11.5 Å². The van der Waals surface area contributed by atoms with Crippen molar-refractivity contribution in [2.45, 2.75) is 18.9 Å². The Bertz CT molecular complexity index is 546. The molecule has 2 aromatic heterocycles. The molecule has 1 fully saturated rings. The normalized spacial score (nSPS) is 21.8. The molecule has 94 valence electrons. The third-order valence-corrected chi connectivity index (χ3v) is 4.56. The molecule has 2 heterocycles. The Kier molecular flexibility index (Phi) is 3.26. The third-order valence-electron chi connectivity index (χ3n) is 3.00. The summed E-state index contributed by atoms with van der Waals surface area (Å²) in [6, 6.07) is 5.72. The molecule has 2 atom stereocenters. The topological polar surface area (TPSA) is 39.4 Å². The maximum absolute atomic E-state index is 11.8. The second kappa shape index (κ2) is 4.90. The number of hydrogen-bond donors (Lipinski definition) is 0. The lowest BCUT2D eigenvalue weighted by molar-refractivity contribution is -0.146. The van der Waals surface area contributed by atoms with Gasteiger partial charge in [0.25, 0.3) is 0 Å². The maximum atomic E-state index is 11.8. The first-order valence-electron chi connectivity index (χ1n) is 5.67. The largest absolute Gasteiger partial charge is 0.469 e. The highest BCUT2D eigenvalue weighted by atomic mass is 79.9. The fourth-order valence-corrected chi connectivity index (χ4v) is 3.15. The first-order valence-corrected chi connectivity index (χ1v) is 7.34. The Morgan fingerprint density at radius 3 is 3.17 bits per heavy atom. The first kappa shape index (κ1) is 12.0. The first-order chi connectivity index (χ1) is 8.74. The number of carbonyl (C=O) groups excluding carboxylic acids is 1. The summed E-state index contributed by atoms with van der Waals surface area (Å²) in [4.78, 5) is 11.8. The minimum Gasteiger partial charge on any atom is -0.469 e. The van der Waals surface area contributed by atoms with Crippen LogP contribution in [0.15, 0.2) is 38.0 Å². The minimum atomic E-state index is -0.126. The summed E-state index contributed by atoms with van der Waals surface area (Å²) in [6.45, 7) is 0.350. The van der Waals surface area contributed by atoms with Gasteiger partial charge in [0.05, 0.1) is 16.0 Å². The number of halogens is 1. The molecule has 5 heteroatoms. The molecule has 18 heavy (non-hydrogen) atoms. The summed E-state index contributed by atoms with van der Waals surface area (Å²) >= 11 is 4.97. The van der Waals surface area contributed by atoms with Crippen LogP contribution in [-0.4, -0.2) is 5.97 Å². The molecule has 0 radical (unpaired) electrons. The van der Waals surface area contributed by atoms with Gasteiger partial charge in [0.1, 0.15) is 12.4 Å². The van der Waals surface area contributed by atoms with Crippen LogP contribution in [0.2, 0.25) is 0 Å². The molecular weight excluding hydrogens is 316 g/mol. The van der Waals surface area contributed by atoms with Gasteiger partial charge in [0.2, 0.25) is 0 Å². The lowest BCUT2D eigenvalue weighted by Crippen LogP contribution is -2.07. The molecule has 0 N–H and O–H groups in total. The predicted octanol–water partition coefficient (Wildman–Crippen LogP) is 3.95. The van der Waals surface area contributed by atoms with Crippen LogP contribution in [0.3, 0.4) is 0 Å². The van der Waals surface area contributed by atoms with E-state index in [1.165, 1.54) is 0 Å². The molecule has 0 aromatic carbocycles. The highest BCUT2D eigenvalue weighted by Crippen LogP contribution is 2.48. The van der Waals surface area contributed by atoms with Crippen LogP contribution in [0.25, 0.3) is 0 Å². The van der Waals surface area contributed by atoms with Gasteiger partial charge in [-0.15, -0.1) is 11.3 Å². The molecule has 2 unspecified atom stereocenters. The average molecular weight is 327 g/mol. The quantitative estimate of drug-likeness (QED) is 0.798. The minimum absolute atomic E-state index is 0.0294. The van der Waals surface area contributed by atoms with E-state index in [2.05, 4.69) is 15.9 Å². The molecule has 1 saturated carbocycles. The molecule has 0 saturated heterocycles. The molecule has 3 nitrogen and oxygen atoms in total. The standard InChI is InChI=1S/C13H11BrO3S/c14-12-4-8(7-18-12)6-17-13(15)10-5-9(10)11-2-1-3-16-11/h1-4,7,9-10H,5-6H2. The van der Waals surface area contributed by atoms with E-state index in [-0.39, 0.29) is 17.8 Å². The van der Waals surface area contributed by atoms with Crippen LogP contribution >= 0.6 is 27.3 Å². The summed E-state index contributed by atoms with van der Waals surface area (Å²) in [5.41, 5.74) is 1.02. The second-order valence-corrected chi connectivity index (χ2v) is 6.62. The summed E-state index contributed by atoms with van der Waals surface area (Å²) in [5, 5.41) is 1.98. The van der Waals surface area contributed by atoms with Crippen molar-refractivity contribution in [1.29, 1.82) is 0 Å². The van der Waals surface area contributed by atoms with Gasteiger partial charge in [-0.25, -0.2) is 0 Å². The van der Waals surface area contributed by atoms with Crippen LogP contribution in [0.1, 0.15) is 23.7 Å². The van der Waals surface area contributed by atoms with E-state index < -0.39 is 0 Å². The van der Waals surface area contributed by atoms with Crippen LogP contribution < -0.4 is 0 Å². The predicted molar refractivity (Wildman–Crippen MR) is 71.4 cm³/mol. The Morgan fingerprint density at radius 1 is 1.61 bits per heavy atom. The highest BCUT2D eigenvalue weighted by Gasteiger charge is 2.47. The number of carbonyl (C=O) groups is 1. The molecule has 1 aliphatic carbocycles. The average Bonchev–Trinajstić information content (AvgIpc) is 2.79. The highest BCUT2D eigenvalue weighted by molar-refractivity contribution is 9.11. The molecule has 0 aliphatic heterocycles. The van der Waals surface area contributed by atoms with Crippen LogP contribution in [0.5, 0.6) is 0 Å². The van der Waals surface area contributed by atoms with Crippen molar-refractivity contribution in [2.24, 2.45) is 5.92 Å². The van der Waals surface area contributed by atoms with Gasteiger partial charge in [0.15, 0.2) is 0 Å². The van der Waals surface area contributed by atoms with E-state index in [1.807, 2.05) is 23.6 Å². The van der Waals surface area contributed by atoms with Crippen molar-refractivity contribution >= 4 is 33.2 Å². The van der Waals surface area contributed by atoms with Gasteiger partial charge in [-0.3, -0.25) is 4.79 Å². The number of hydrogen-bond acceptors (Lipinski definition) is 4. The summed E-state index contributed by atoms with van der Waals surface area (Å²) in [6.07, 6.45) is 2.47. The number of furan rings is 1. The number of rotatable bonds is 4. The lowest BCUT2D eigenvalue weighted by Gasteiger charge is -2.02. The van der Waals surface area contributed by atoms with Gasteiger partial charge >= 0.3 is 5.97 Å². The molecule has 0 bridgehead atoms. The SMILES string of the molecule is O=C(OCc1csc(Br)c1)C1CC1c1ccco1. The van der Waals surface area contributed by atoms with E-state index in [0.29, 0.717) is 6.61 Å². The summed E-state index contributed by atoms with van der Waals surface area (Å²) < 4.78 is 11.6. The lowest BCUT2D eigenvalue weighted by atomic mass is 10.2. The van der Waals surface area contributed by atoms with Gasteiger partial charge in [-0.1, -0.05) is 0 Å². The fourth-order valence-electron chi connectivity index (χ4n) is 1.96. The van der Waals surface area contributed by atoms with E-state index in [9.17, 15) is 4.79 Å². The van der Waals surface area contributed by atoms with Crippen LogP contribution in [0.4, 0.5) is 0 Å². The zero-order valence-electron chi connectivity index (χ0n) is 9.47. The summed E-state index contributed by atoms with van der Waals surface area (Å²) in [5.74, 6) is 0.939. The molecular formula is C13H11BrO3S. The van der Waals surface area contributed by atoms with Crippen molar-refractivity contribution in [2.75, 3.05) is 0 Å². The summed E-state index contributed by atoms with van der Waals surface area (Å²) in [7, 11) is 0. The van der Waals surface area contributed by atoms with E-state index >= 15 is 0 Å². The third kappa shape index (κ3) is 2.52. The van der Waals surface area contributed by atoms with E-state index in [4.69, 9.17) is 9.15 Å². The zero-order valence-corrected chi connectivity index (χ0v) is 11.9. The molecule has 0 spiro atoms. The number of thiophene rings is 1. The number of ether oxygens (including phenoxy) is 1. The fraction of sp³-hybridized carbons (Fsp3) is 0.308. The van der Waals surface area contributed by atoms with E-state index in [0.717, 1.165) is 21.5 Å². The van der Waals surface area contributed by atoms with Crippen molar-refractivity contribution in [1.82, 2.24) is 0 Å². The maximum Gasteiger partial charge on any atom is 0.310 e. The second-order valence-electron chi connectivity index (χ2n) is 4.33.